The average Bonchev–Trinajstić information content (AvgIpc) is 3.20. The van der Waals surface area contributed by atoms with Crippen LogP contribution >= 0.6 is 0 Å². The van der Waals surface area contributed by atoms with Gasteiger partial charge in [0.2, 0.25) is 5.91 Å². The number of hydrazone groups is 1. The zero-order valence-electron chi connectivity index (χ0n) is 13.2. The van der Waals surface area contributed by atoms with Crippen molar-refractivity contribution in [1.29, 1.82) is 0 Å². The third-order valence-corrected chi connectivity index (χ3v) is 4.88. The Balaban J connectivity index is 1.61. The van der Waals surface area contributed by atoms with Crippen LogP contribution in [0.1, 0.15) is 44.6 Å². The predicted octanol–water partition coefficient (Wildman–Crippen LogP) is 3.91. The molecule has 3 atom stereocenters. The molecule has 0 saturated heterocycles. The molecule has 1 saturated carbocycles. The maximum Gasteiger partial charge on any atom is 0.243 e. The number of nitrogens with zero attached hydrogens (tertiary/aromatic N) is 1. The number of carbonyl (C=O) groups is 1. The number of fused-ring (bicyclic) bond motifs is 1. The molecule has 1 unspecified atom stereocenters. The maximum absolute atomic E-state index is 12.4. The van der Waals surface area contributed by atoms with Gasteiger partial charge in [-0.15, -0.1) is 0 Å². The van der Waals surface area contributed by atoms with Crippen molar-refractivity contribution in [2.24, 2.45) is 22.9 Å². The number of amides is 1. The van der Waals surface area contributed by atoms with E-state index in [1.165, 1.54) is 0 Å². The second-order valence-corrected chi connectivity index (χ2v) is 6.23. The summed E-state index contributed by atoms with van der Waals surface area (Å²) in [7, 11) is 0. The molecule has 3 nitrogen and oxygen atoms in total. The Hall–Kier alpha value is -1.90. The summed E-state index contributed by atoms with van der Waals surface area (Å²) in [6.07, 6.45) is 9.83. The molecule has 1 fully saturated rings. The first kappa shape index (κ1) is 15.0. The fourth-order valence-corrected chi connectivity index (χ4v) is 3.61. The van der Waals surface area contributed by atoms with Gasteiger partial charge in [-0.05, 0) is 49.5 Å². The monoisotopic (exact) mass is 296 g/mol. The number of allylic oxidation sites excluding steroid dienone is 2. The van der Waals surface area contributed by atoms with Crippen molar-refractivity contribution in [3.8, 4) is 0 Å². The molecule has 22 heavy (non-hydrogen) atoms. The second kappa shape index (κ2) is 6.91. The molecular formula is C19H24N2O. The summed E-state index contributed by atoms with van der Waals surface area (Å²) in [5.41, 5.74) is 4.84. The van der Waals surface area contributed by atoms with Gasteiger partial charge in [0, 0.05) is 5.92 Å². The highest BCUT2D eigenvalue weighted by molar-refractivity contribution is 6.01. The lowest BCUT2D eigenvalue weighted by atomic mass is 10.1. The standard InChI is InChI=1S/C19H24N2O/c1-2-17(14-10-6-5-7-11-14)20-21-19(22)18-15-12-8-3-4-9-13-16(15)18/h3-7,10-11,15-16,18H,2,8-9,12-13H2,1H3,(H,21,22)/b4-3?,20-17-/t15-,16+,18?. The molecule has 1 N–H and O–H groups in total. The highest BCUT2D eigenvalue weighted by Gasteiger charge is 2.53. The molecule has 1 amide bonds. The smallest absolute Gasteiger partial charge is 0.243 e. The van der Waals surface area contributed by atoms with Gasteiger partial charge in [-0.2, -0.15) is 5.10 Å². The predicted molar refractivity (Wildman–Crippen MR) is 89.5 cm³/mol. The third-order valence-electron chi connectivity index (χ3n) is 4.88. The minimum atomic E-state index is 0.110. The average molecular weight is 296 g/mol. The number of benzene rings is 1. The van der Waals surface area contributed by atoms with Crippen LogP contribution in [0, 0.1) is 17.8 Å². The van der Waals surface area contributed by atoms with E-state index in [9.17, 15) is 4.79 Å². The van der Waals surface area contributed by atoms with E-state index in [-0.39, 0.29) is 11.8 Å². The Labute approximate surface area is 132 Å². The number of hydrogen-bond acceptors (Lipinski definition) is 2. The normalized spacial score (nSPS) is 27.5. The molecule has 2 aliphatic rings. The molecule has 1 aromatic rings. The first-order valence-corrected chi connectivity index (χ1v) is 8.38. The van der Waals surface area contributed by atoms with Gasteiger partial charge in [0.1, 0.15) is 0 Å². The van der Waals surface area contributed by atoms with E-state index in [0.717, 1.165) is 43.4 Å². The van der Waals surface area contributed by atoms with Crippen molar-refractivity contribution in [3.05, 3.63) is 48.0 Å². The van der Waals surface area contributed by atoms with Crippen LogP contribution < -0.4 is 5.43 Å². The molecule has 0 radical (unpaired) electrons. The Morgan fingerprint density at radius 1 is 1.14 bits per heavy atom. The van der Waals surface area contributed by atoms with Crippen LogP contribution in [-0.4, -0.2) is 11.6 Å². The summed E-state index contributed by atoms with van der Waals surface area (Å²) in [5, 5.41) is 4.38. The maximum atomic E-state index is 12.4. The molecule has 2 aliphatic carbocycles. The summed E-state index contributed by atoms with van der Waals surface area (Å²) >= 11 is 0. The van der Waals surface area contributed by atoms with Crippen molar-refractivity contribution in [1.82, 2.24) is 5.43 Å². The topological polar surface area (TPSA) is 41.5 Å². The second-order valence-electron chi connectivity index (χ2n) is 6.23. The molecular weight excluding hydrogens is 272 g/mol. The Morgan fingerprint density at radius 2 is 1.77 bits per heavy atom. The zero-order valence-corrected chi connectivity index (χ0v) is 13.2. The number of nitrogens with one attached hydrogen (secondary N) is 1. The van der Waals surface area contributed by atoms with E-state index in [4.69, 9.17) is 0 Å². The van der Waals surface area contributed by atoms with E-state index >= 15 is 0 Å². The molecule has 116 valence electrons. The first-order valence-electron chi connectivity index (χ1n) is 8.38. The SMILES string of the molecule is CC/C(=N/NC(=O)C1[C@H]2CCC=CCC[C@@H]12)c1ccccc1. The molecule has 0 aliphatic heterocycles. The van der Waals surface area contributed by atoms with Crippen LogP contribution in [0.25, 0.3) is 0 Å². The summed E-state index contributed by atoms with van der Waals surface area (Å²) in [6, 6.07) is 10.1. The summed E-state index contributed by atoms with van der Waals surface area (Å²) in [4.78, 5) is 12.4. The molecule has 1 aromatic carbocycles. The van der Waals surface area contributed by atoms with Crippen LogP contribution in [0.5, 0.6) is 0 Å². The fourth-order valence-electron chi connectivity index (χ4n) is 3.61. The van der Waals surface area contributed by atoms with Gasteiger partial charge < -0.3 is 0 Å². The van der Waals surface area contributed by atoms with Gasteiger partial charge in [-0.1, -0.05) is 49.4 Å². The Kier molecular flexibility index (Phi) is 4.71. The molecule has 3 heteroatoms. The number of carbonyl (C=O) groups excluding carboxylic acids is 1. The zero-order chi connectivity index (χ0) is 15.4. The number of hydrogen-bond donors (Lipinski definition) is 1. The lowest BCUT2D eigenvalue weighted by Crippen LogP contribution is -2.23. The van der Waals surface area contributed by atoms with Crippen molar-refractivity contribution in [2.45, 2.75) is 39.0 Å². The minimum absolute atomic E-state index is 0.110. The largest absolute Gasteiger partial charge is 0.273 e. The lowest BCUT2D eigenvalue weighted by molar-refractivity contribution is -0.122. The van der Waals surface area contributed by atoms with Crippen molar-refractivity contribution >= 4 is 11.6 Å². The van der Waals surface area contributed by atoms with Gasteiger partial charge in [-0.3, -0.25) is 4.79 Å². The van der Waals surface area contributed by atoms with Crippen LogP contribution in [0.3, 0.4) is 0 Å². The summed E-state index contributed by atoms with van der Waals surface area (Å²) < 4.78 is 0. The van der Waals surface area contributed by atoms with Gasteiger partial charge in [0.25, 0.3) is 0 Å². The van der Waals surface area contributed by atoms with Crippen LogP contribution in [0.4, 0.5) is 0 Å². The Morgan fingerprint density at radius 3 is 2.36 bits per heavy atom. The minimum Gasteiger partial charge on any atom is -0.273 e. The van der Waals surface area contributed by atoms with E-state index in [2.05, 4.69) is 29.6 Å². The molecule has 0 bridgehead atoms. The number of rotatable bonds is 4. The first-order chi connectivity index (χ1) is 10.8. The summed E-state index contributed by atoms with van der Waals surface area (Å²) in [5.74, 6) is 1.43. The van der Waals surface area contributed by atoms with Gasteiger partial charge in [-0.25, -0.2) is 5.43 Å². The van der Waals surface area contributed by atoms with E-state index < -0.39 is 0 Å². The van der Waals surface area contributed by atoms with E-state index in [1.54, 1.807) is 0 Å². The van der Waals surface area contributed by atoms with Crippen molar-refractivity contribution in [3.63, 3.8) is 0 Å². The van der Waals surface area contributed by atoms with Gasteiger partial charge in [0.15, 0.2) is 0 Å². The molecule has 0 aromatic heterocycles. The van der Waals surface area contributed by atoms with E-state index in [1.807, 2.05) is 30.3 Å². The van der Waals surface area contributed by atoms with Crippen LogP contribution in [-0.2, 0) is 4.79 Å². The highest BCUT2D eigenvalue weighted by Crippen LogP contribution is 2.52. The van der Waals surface area contributed by atoms with Gasteiger partial charge in [0.05, 0.1) is 5.71 Å². The molecule has 0 spiro atoms. The van der Waals surface area contributed by atoms with Crippen LogP contribution in [0.15, 0.2) is 47.6 Å². The quantitative estimate of drug-likeness (QED) is 0.511. The molecule has 0 heterocycles. The van der Waals surface area contributed by atoms with Crippen LogP contribution in [0.2, 0.25) is 0 Å². The third kappa shape index (κ3) is 3.29. The van der Waals surface area contributed by atoms with Crippen molar-refractivity contribution in [2.75, 3.05) is 0 Å². The van der Waals surface area contributed by atoms with Gasteiger partial charge >= 0.3 is 0 Å². The fraction of sp³-hybridized carbons (Fsp3) is 0.474. The van der Waals surface area contributed by atoms with Crippen molar-refractivity contribution < 1.29 is 4.79 Å². The lowest BCUT2D eigenvalue weighted by Gasteiger charge is -2.05. The molecule has 3 rings (SSSR count). The highest BCUT2D eigenvalue weighted by atomic mass is 16.2. The Bertz CT molecular complexity index is 560. The van der Waals surface area contributed by atoms with E-state index in [0.29, 0.717) is 11.8 Å². The summed E-state index contributed by atoms with van der Waals surface area (Å²) in [6.45, 7) is 2.06.